The predicted molar refractivity (Wildman–Crippen MR) is 235 cm³/mol. The Balaban J connectivity index is 1.64. The topological polar surface area (TPSA) is 60.5 Å². The zero-order valence-electron chi connectivity index (χ0n) is 34.0. The summed E-state index contributed by atoms with van der Waals surface area (Å²) in [4.78, 5) is 19.5. The standard InChI is InChI=1S/C45H60Cl2N2O5Si2/c1-55(2,3)27-25-51-33-53-43-41(29-35-13-9-7-10-14-35)48(31-37-17-21-39(46)22-18-37)45(50)49(32-38-19-23-40(47)24-20-38)42(30-36-15-11-8-12-16-36)44(43)54-34-52-26-28-56(4,5)6/h7-24,41-44H,25-34H2,1-6H3/t41-,42-,43+,44+/m1/s1. The van der Waals surface area contributed by atoms with E-state index < -0.39 is 40.4 Å². The van der Waals surface area contributed by atoms with Crippen molar-refractivity contribution in [2.45, 2.75) is 102 Å². The smallest absolute Gasteiger partial charge is 0.321 e. The Bertz CT molecular complexity index is 1630. The van der Waals surface area contributed by atoms with Crippen LogP contribution in [-0.4, -0.2) is 83.1 Å². The molecule has 0 bridgehead atoms. The van der Waals surface area contributed by atoms with Gasteiger partial charge < -0.3 is 28.7 Å². The molecule has 1 aliphatic rings. The summed E-state index contributed by atoms with van der Waals surface area (Å²) in [5.74, 6) is 0. The highest BCUT2D eigenvalue weighted by Gasteiger charge is 2.49. The maximum absolute atomic E-state index is 15.6. The van der Waals surface area contributed by atoms with Gasteiger partial charge in [-0.1, -0.05) is 147 Å². The van der Waals surface area contributed by atoms with Crippen molar-refractivity contribution in [3.63, 3.8) is 0 Å². The van der Waals surface area contributed by atoms with E-state index in [-0.39, 0.29) is 19.6 Å². The Morgan fingerprint density at radius 3 is 1.21 bits per heavy atom. The second kappa shape index (κ2) is 21.1. The zero-order valence-corrected chi connectivity index (χ0v) is 37.5. The molecular weight excluding hydrogens is 776 g/mol. The summed E-state index contributed by atoms with van der Waals surface area (Å²) >= 11 is 12.7. The predicted octanol–water partition coefficient (Wildman–Crippen LogP) is 11.0. The van der Waals surface area contributed by atoms with Gasteiger partial charge in [0.05, 0.1) is 12.1 Å². The lowest BCUT2D eigenvalue weighted by molar-refractivity contribution is -0.188. The van der Waals surface area contributed by atoms with Crippen molar-refractivity contribution in [3.8, 4) is 0 Å². The number of benzene rings is 4. The van der Waals surface area contributed by atoms with E-state index >= 15 is 4.79 Å². The number of urea groups is 1. The average molecular weight is 836 g/mol. The second-order valence-electron chi connectivity index (χ2n) is 17.2. The first-order valence-electron chi connectivity index (χ1n) is 19.8. The Morgan fingerprint density at radius 2 is 0.875 bits per heavy atom. The van der Waals surface area contributed by atoms with Crippen molar-refractivity contribution in [2.24, 2.45) is 0 Å². The highest BCUT2D eigenvalue weighted by Crippen LogP contribution is 2.33. The van der Waals surface area contributed by atoms with Gasteiger partial charge in [0, 0.05) is 52.5 Å². The SMILES string of the molecule is C[Si](C)(C)CCOCO[C@@H]1[C@@H](OCOCC[Si](C)(C)C)[C@@H](Cc2ccccc2)N(Cc2ccc(Cl)cc2)C(=O)N(Cc2ccc(Cl)cc2)[C@@H]1Cc1ccccc1. The Hall–Kier alpha value is -3.00. The molecule has 4 aromatic carbocycles. The quantitative estimate of drug-likeness (QED) is 0.0504. The molecule has 11 heteroatoms. The molecule has 1 fully saturated rings. The summed E-state index contributed by atoms with van der Waals surface area (Å²) in [5.41, 5.74) is 4.11. The molecule has 0 saturated carbocycles. The van der Waals surface area contributed by atoms with Crippen LogP contribution in [0.15, 0.2) is 109 Å². The van der Waals surface area contributed by atoms with Crippen LogP contribution in [0.1, 0.15) is 22.3 Å². The van der Waals surface area contributed by atoms with Crippen LogP contribution >= 0.6 is 23.2 Å². The van der Waals surface area contributed by atoms with E-state index in [0.717, 1.165) is 34.3 Å². The largest absolute Gasteiger partial charge is 0.356 e. The van der Waals surface area contributed by atoms with E-state index in [1.54, 1.807) is 0 Å². The first kappa shape index (κ1) is 44.1. The van der Waals surface area contributed by atoms with Crippen molar-refractivity contribution in [2.75, 3.05) is 26.8 Å². The van der Waals surface area contributed by atoms with E-state index in [1.165, 1.54) is 0 Å². The Morgan fingerprint density at radius 1 is 0.518 bits per heavy atom. The van der Waals surface area contributed by atoms with E-state index in [2.05, 4.69) is 63.5 Å². The average Bonchev–Trinajstić information content (AvgIpc) is 3.23. The van der Waals surface area contributed by atoms with Gasteiger partial charge in [0.2, 0.25) is 0 Å². The number of hydrogen-bond donors (Lipinski definition) is 0. The maximum Gasteiger partial charge on any atom is 0.321 e. The van der Waals surface area contributed by atoms with Crippen molar-refractivity contribution < 1.29 is 23.7 Å². The van der Waals surface area contributed by atoms with Crippen LogP contribution in [0.3, 0.4) is 0 Å². The lowest BCUT2D eigenvalue weighted by Crippen LogP contribution is -2.53. The molecule has 4 atom stereocenters. The van der Waals surface area contributed by atoms with Gasteiger partial charge in [-0.15, -0.1) is 0 Å². The minimum absolute atomic E-state index is 0.0784. The van der Waals surface area contributed by atoms with Crippen LogP contribution in [0.25, 0.3) is 0 Å². The van der Waals surface area contributed by atoms with Crippen LogP contribution in [0.5, 0.6) is 0 Å². The van der Waals surface area contributed by atoms with Gasteiger partial charge in [0.1, 0.15) is 25.8 Å². The van der Waals surface area contributed by atoms with Gasteiger partial charge in [-0.3, -0.25) is 0 Å². The number of nitrogens with zero attached hydrogens (tertiary/aromatic N) is 2. The molecule has 0 spiro atoms. The number of carbonyl (C=O) groups excluding carboxylic acids is 1. The first-order chi connectivity index (χ1) is 26.8. The fourth-order valence-corrected chi connectivity index (χ4v) is 8.65. The van der Waals surface area contributed by atoms with Gasteiger partial charge in [0.25, 0.3) is 0 Å². The molecule has 1 saturated heterocycles. The highest BCUT2D eigenvalue weighted by molar-refractivity contribution is 6.76. The molecule has 2 amide bonds. The van der Waals surface area contributed by atoms with Crippen molar-refractivity contribution in [3.05, 3.63) is 141 Å². The second-order valence-corrected chi connectivity index (χ2v) is 29.4. The van der Waals surface area contributed by atoms with Crippen LogP contribution in [0.2, 0.25) is 61.4 Å². The molecule has 0 radical (unpaired) electrons. The zero-order chi connectivity index (χ0) is 40.1. The van der Waals surface area contributed by atoms with Crippen molar-refractivity contribution in [1.82, 2.24) is 9.80 Å². The monoisotopic (exact) mass is 834 g/mol. The Kier molecular flexibility index (Phi) is 16.6. The summed E-state index contributed by atoms with van der Waals surface area (Å²) in [6.45, 7) is 16.1. The number of rotatable bonds is 20. The number of carbonyl (C=O) groups is 1. The summed E-state index contributed by atoms with van der Waals surface area (Å²) in [5, 5.41) is 1.28. The normalized spacial score (nSPS) is 19.3. The summed E-state index contributed by atoms with van der Waals surface area (Å²) in [6.07, 6.45) is -0.0722. The molecular formula is C45H60Cl2N2O5Si2. The van der Waals surface area contributed by atoms with Crippen LogP contribution in [0, 0.1) is 0 Å². The molecule has 5 rings (SSSR count). The third-order valence-electron chi connectivity index (χ3n) is 10.2. The number of halogens is 2. The summed E-state index contributed by atoms with van der Waals surface area (Å²) in [6, 6.07) is 37.2. The van der Waals surface area contributed by atoms with E-state index in [4.69, 9.17) is 42.1 Å². The molecule has 7 nitrogen and oxygen atoms in total. The van der Waals surface area contributed by atoms with E-state index in [0.29, 0.717) is 49.2 Å². The lowest BCUT2D eigenvalue weighted by Gasteiger charge is -2.38. The van der Waals surface area contributed by atoms with Gasteiger partial charge in [-0.25, -0.2) is 4.79 Å². The Labute approximate surface area is 347 Å². The third-order valence-corrected chi connectivity index (χ3v) is 14.1. The summed E-state index contributed by atoms with van der Waals surface area (Å²) in [7, 11) is -2.68. The van der Waals surface area contributed by atoms with Crippen LogP contribution in [0.4, 0.5) is 4.79 Å². The molecule has 302 valence electrons. The maximum atomic E-state index is 15.6. The molecule has 0 unspecified atom stereocenters. The molecule has 4 aromatic rings. The van der Waals surface area contributed by atoms with Crippen LogP contribution < -0.4 is 0 Å². The lowest BCUT2D eigenvalue weighted by atomic mass is 9.90. The molecule has 0 N–H and O–H groups in total. The summed E-state index contributed by atoms with van der Waals surface area (Å²) < 4.78 is 26.4. The molecule has 0 aliphatic carbocycles. The third kappa shape index (κ3) is 14.1. The molecule has 0 aromatic heterocycles. The van der Waals surface area contributed by atoms with E-state index in [1.807, 2.05) is 94.7 Å². The van der Waals surface area contributed by atoms with Gasteiger partial charge >= 0.3 is 6.03 Å². The highest BCUT2D eigenvalue weighted by atomic mass is 35.5. The molecule has 1 heterocycles. The first-order valence-corrected chi connectivity index (χ1v) is 28.0. The van der Waals surface area contributed by atoms with Crippen LogP contribution in [-0.2, 0) is 44.9 Å². The fraction of sp³-hybridized carbons (Fsp3) is 0.444. The molecule has 56 heavy (non-hydrogen) atoms. The number of amides is 2. The van der Waals surface area contributed by atoms with Gasteiger partial charge in [-0.2, -0.15) is 0 Å². The molecule has 1 aliphatic heterocycles. The minimum atomic E-state index is -1.34. The number of ether oxygens (including phenoxy) is 4. The number of hydrogen-bond acceptors (Lipinski definition) is 5. The van der Waals surface area contributed by atoms with Gasteiger partial charge in [-0.05, 0) is 71.4 Å². The van der Waals surface area contributed by atoms with E-state index in [9.17, 15) is 0 Å². The van der Waals surface area contributed by atoms with Gasteiger partial charge in [0.15, 0.2) is 0 Å². The fourth-order valence-electron chi connectivity index (χ4n) is 6.89. The van der Waals surface area contributed by atoms with Crippen molar-refractivity contribution >= 4 is 45.4 Å². The minimum Gasteiger partial charge on any atom is -0.356 e. The van der Waals surface area contributed by atoms with Crippen molar-refractivity contribution in [1.29, 1.82) is 0 Å².